The van der Waals surface area contributed by atoms with E-state index < -0.39 is 0 Å². The lowest BCUT2D eigenvalue weighted by molar-refractivity contribution is -0.122. The van der Waals surface area contributed by atoms with Crippen molar-refractivity contribution in [3.05, 3.63) is 24.3 Å². The van der Waals surface area contributed by atoms with Crippen LogP contribution in [-0.4, -0.2) is 48.5 Å². The maximum Gasteiger partial charge on any atom is 0.241 e. The fraction of sp³-hybridized carbons (Fsp3) is 0.500. The van der Waals surface area contributed by atoms with E-state index in [9.17, 15) is 9.59 Å². The normalized spacial score (nSPS) is 22.7. The number of carbonyl (C=O) groups excluding carboxylic acids is 2. The minimum atomic E-state index is -0.0860. The number of amides is 1. The highest BCUT2D eigenvalue weighted by Crippen LogP contribution is 2.34. The molecule has 4 nitrogen and oxygen atoms in total. The van der Waals surface area contributed by atoms with Gasteiger partial charge in [0.25, 0.3) is 0 Å². The third-order valence-electron chi connectivity index (χ3n) is 4.19. The van der Waals surface area contributed by atoms with E-state index in [0.717, 1.165) is 50.1 Å². The Bertz CT molecular complexity index is 535. The number of carbonyl (C=O) groups is 2. The van der Waals surface area contributed by atoms with E-state index in [4.69, 9.17) is 0 Å². The van der Waals surface area contributed by atoms with Crippen LogP contribution in [0, 0.1) is 0 Å². The van der Waals surface area contributed by atoms with Crippen molar-refractivity contribution >= 4 is 29.6 Å². The SMILES string of the molecule is O=CC1CCCCN1CC(=O)N1CCSc2ccccc21. The number of para-hydroxylation sites is 1. The molecule has 1 aromatic carbocycles. The highest BCUT2D eigenvalue weighted by Gasteiger charge is 2.28. The van der Waals surface area contributed by atoms with Crippen molar-refractivity contribution in [1.29, 1.82) is 0 Å². The van der Waals surface area contributed by atoms with Crippen LogP contribution in [0.2, 0.25) is 0 Å². The van der Waals surface area contributed by atoms with Gasteiger partial charge in [-0.1, -0.05) is 18.6 Å². The first-order valence-electron chi connectivity index (χ1n) is 7.51. The molecule has 5 heteroatoms. The molecule has 0 spiro atoms. The number of rotatable bonds is 3. The zero-order valence-corrected chi connectivity index (χ0v) is 12.8. The fourth-order valence-corrected chi connectivity index (χ4v) is 4.05. The first kappa shape index (κ1) is 14.6. The number of hydrogen-bond acceptors (Lipinski definition) is 4. The van der Waals surface area contributed by atoms with Crippen LogP contribution in [0.5, 0.6) is 0 Å². The smallest absolute Gasteiger partial charge is 0.241 e. The van der Waals surface area contributed by atoms with Gasteiger partial charge in [0.2, 0.25) is 5.91 Å². The van der Waals surface area contributed by atoms with Crippen LogP contribution in [0.25, 0.3) is 0 Å². The zero-order valence-electron chi connectivity index (χ0n) is 12.0. The molecule has 1 saturated heterocycles. The number of nitrogens with zero attached hydrogens (tertiary/aromatic N) is 2. The van der Waals surface area contributed by atoms with Gasteiger partial charge in [-0.3, -0.25) is 9.69 Å². The van der Waals surface area contributed by atoms with Crippen LogP contribution in [0.1, 0.15) is 19.3 Å². The predicted molar refractivity (Wildman–Crippen MR) is 84.8 cm³/mol. The quantitative estimate of drug-likeness (QED) is 0.803. The standard InChI is InChI=1S/C16H20N2O2S/c19-12-13-5-3-4-8-17(13)11-16(20)18-9-10-21-15-7-2-1-6-14(15)18/h1-2,6-7,12-13H,3-5,8-11H2. The molecule has 1 fully saturated rings. The lowest BCUT2D eigenvalue weighted by atomic mass is 10.0. The first-order chi connectivity index (χ1) is 10.3. The molecule has 1 atom stereocenters. The largest absolute Gasteiger partial charge is 0.309 e. The Morgan fingerprint density at radius 2 is 2.14 bits per heavy atom. The summed E-state index contributed by atoms with van der Waals surface area (Å²) >= 11 is 1.80. The molecule has 1 aromatic rings. The van der Waals surface area contributed by atoms with Gasteiger partial charge in [0.1, 0.15) is 6.29 Å². The maximum atomic E-state index is 12.6. The van der Waals surface area contributed by atoms with Crippen molar-refractivity contribution in [3.8, 4) is 0 Å². The molecule has 0 bridgehead atoms. The van der Waals surface area contributed by atoms with Crippen LogP contribution >= 0.6 is 11.8 Å². The Balaban J connectivity index is 1.72. The van der Waals surface area contributed by atoms with E-state index >= 15 is 0 Å². The van der Waals surface area contributed by atoms with Crippen molar-refractivity contribution in [2.45, 2.75) is 30.2 Å². The summed E-state index contributed by atoms with van der Waals surface area (Å²) in [6.07, 6.45) is 4.02. The fourth-order valence-electron chi connectivity index (χ4n) is 3.05. The monoisotopic (exact) mass is 304 g/mol. The van der Waals surface area contributed by atoms with Crippen LogP contribution in [0.4, 0.5) is 5.69 Å². The van der Waals surface area contributed by atoms with Crippen LogP contribution < -0.4 is 4.90 Å². The Hall–Kier alpha value is -1.33. The number of thioether (sulfide) groups is 1. The molecular formula is C16H20N2O2S. The van der Waals surface area contributed by atoms with Crippen molar-refractivity contribution in [2.75, 3.05) is 30.3 Å². The number of aldehydes is 1. The van der Waals surface area contributed by atoms with Gasteiger partial charge < -0.3 is 9.69 Å². The van der Waals surface area contributed by atoms with Gasteiger partial charge in [-0.05, 0) is 31.5 Å². The van der Waals surface area contributed by atoms with E-state index in [1.54, 1.807) is 11.8 Å². The summed E-state index contributed by atoms with van der Waals surface area (Å²) in [5, 5.41) is 0. The third kappa shape index (κ3) is 3.14. The molecule has 0 saturated carbocycles. The van der Waals surface area contributed by atoms with Gasteiger partial charge in [0.05, 0.1) is 18.3 Å². The van der Waals surface area contributed by atoms with Crippen molar-refractivity contribution in [2.24, 2.45) is 0 Å². The second-order valence-corrected chi connectivity index (χ2v) is 6.67. The summed E-state index contributed by atoms with van der Waals surface area (Å²) in [5.41, 5.74) is 1.01. The second-order valence-electron chi connectivity index (χ2n) is 5.53. The molecule has 2 heterocycles. The summed E-state index contributed by atoms with van der Waals surface area (Å²) in [5.74, 6) is 1.04. The van der Waals surface area contributed by atoms with E-state index in [1.807, 2.05) is 28.0 Å². The molecular weight excluding hydrogens is 284 g/mol. The van der Waals surface area contributed by atoms with Crippen LogP contribution in [0.3, 0.4) is 0 Å². The van der Waals surface area contributed by atoms with Crippen LogP contribution in [-0.2, 0) is 9.59 Å². The molecule has 1 amide bonds. The third-order valence-corrected chi connectivity index (χ3v) is 5.23. The minimum Gasteiger partial charge on any atom is -0.309 e. The average Bonchev–Trinajstić information content (AvgIpc) is 2.54. The zero-order chi connectivity index (χ0) is 14.7. The summed E-state index contributed by atoms with van der Waals surface area (Å²) < 4.78 is 0. The molecule has 21 heavy (non-hydrogen) atoms. The second kappa shape index (κ2) is 6.62. The molecule has 0 aliphatic carbocycles. The molecule has 0 N–H and O–H groups in total. The molecule has 0 aromatic heterocycles. The van der Waals surface area contributed by atoms with Gasteiger partial charge in [-0.25, -0.2) is 0 Å². The van der Waals surface area contributed by atoms with Gasteiger partial charge >= 0.3 is 0 Å². The Labute approximate surface area is 129 Å². The Morgan fingerprint density at radius 3 is 3.00 bits per heavy atom. The number of likely N-dealkylation sites (tertiary alicyclic amines) is 1. The first-order valence-corrected chi connectivity index (χ1v) is 8.49. The minimum absolute atomic E-state index is 0.0860. The summed E-state index contributed by atoms with van der Waals surface area (Å²) in [6.45, 7) is 1.95. The highest BCUT2D eigenvalue weighted by molar-refractivity contribution is 7.99. The molecule has 3 rings (SSSR count). The van der Waals surface area contributed by atoms with Crippen molar-refractivity contribution in [1.82, 2.24) is 4.90 Å². The number of piperidine rings is 1. The number of hydrogen-bond donors (Lipinski definition) is 0. The highest BCUT2D eigenvalue weighted by atomic mass is 32.2. The molecule has 0 radical (unpaired) electrons. The van der Waals surface area contributed by atoms with Gasteiger partial charge in [-0.15, -0.1) is 11.8 Å². The average molecular weight is 304 g/mol. The van der Waals surface area contributed by atoms with Gasteiger partial charge in [0.15, 0.2) is 0 Å². The summed E-state index contributed by atoms with van der Waals surface area (Å²) in [4.78, 5) is 28.9. The molecule has 112 valence electrons. The van der Waals surface area contributed by atoms with Gasteiger partial charge in [0, 0.05) is 17.2 Å². The van der Waals surface area contributed by atoms with Crippen LogP contribution in [0.15, 0.2) is 29.2 Å². The maximum absolute atomic E-state index is 12.6. The molecule has 1 unspecified atom stereocenters. The van der Waals surface area contributed by atoms with Crippen molar-refractivity contribution < 1.29 is 9.59 Å². The topological polar surface area (TPSA) is 40.6 Å². The Kier molecular flexibility index (Phi) is 4.60. The summed E-state index contributed by atoms with van der Waals surface area (Å²) in [7, 11) is 0. The number of fused-ring (bicyclic) bond motifs is 1. The Morgan fingerprint density at radius 1 is 1.29 bits per heavy atom. The van der Waals surface area contributed by atoms with Crippen molar-refractivity contribution in [3.63, 3.8) is 0 Å². The lowest BCUT2D eigenvalue weighted by Crippen LogP contribution is -2.48. The molecule has 2 aliphatic heterocycles. The number of benzene rings is 1. The predicted octanol–water partition coefficient (Wildman–Crippen LogP) is 2.18. The summed E-state index contributed by atoms with van der Waals surface area (Å²) in [6, 6.07) is 7.96. The van der Waals surface area contributed by atoms with Gasteiger partial charge in [-0.2, -0.15) is 0 Å². The molecule has 2 aliphatic rings. The van der Waals surface area contributed by atoms with E-state index in [0.29, 0.717) is 6.54 Å². The van der Waals surface area contributed by atoms with E-state index in [1.165, 1.54) is 4.90 Å². The van der Waals surface area contributed by atoms with E-state index in [-0.39, 0.29) is 11.9 Å². The lowest BCUT2D eigenvalue weighted by Gasteiger charge is -2.35. The van der Waals surface area contributed by atoms with E-state index in [2.05, 4.69) is 6.07 Å². The number of anilines is 1.